The number of aliphatic imine (C=N–C) groups is 1. The normalized spacial score (nSPS) is 15.2. The molecule has 4 rings (SSSR count). The first-order valence-corrected chi connectivity index (χ1v) is 11.7. The Kier molecular flexibility index (Phi) is 9.94. The lowest BCUT2D eigenvalue weighted by molar-refractivity contribution is 0.164. The van der Waals surface area contributed by atoms with Crippen molar-refractivity contribution >= 4 is 29.9 Å². The number of aromatic nitrogens is 3. The Morgan fingerprint density at radius 3 is 2.50 bits per heavy atom. The number of piperidine rings is 1. The molecule has 8 nitrogen and oxygen atoms in total. The van der Waals surface area contributed by atoms with E-state index in [2.05, 4.69) is 54.9 Å². The maximum absolute atomic E-state index is 5.74. The van der Waals surface area contributed by atoms with Crippen molar-refractivity contribution < 1.29 is 4.42 Å². The highest BCUT2D eigenvalue weighted by molar-refractivity contribution is 14.0. The van der Waals surface area contributed by atoms with E-state index in [0.717, 1.165) is 75.4 Å². The summed E-state index contributed by atoms with van der Waals surface area (Å²) in [6.45, 7) is 9.34. The average molecular weight is 578 g/mol. The number of hydrogen-bond acceptors (Lipinski definition) is 5. The van der Waals surface area contributed by atoms with E-state index in [1.807, 2.05) is 44.0 Å². The number of likely N-dealkylation sites (tertiary alicyclic amines) is 1. The van der Waals surface area contributed by atoms with Crippen molar-refractivity contribution in [3.8, 4) is 0 Å². The monoisotopic (exact) mass is 577 g/mol. The van der Waals surface area contributed by atoms with Crippen molar-refractivity contribution in [1.29, 1.82) is 0 Å². The van der Waals surface area contributed by atoms with Crippen LogP contribution in [-0.2, 0) is 19.6 Å². The van der Waals surface area contributed by atoms with Crippen LogP contribution < -0.4 is 10.6 Å². The van der Waals surface area contributed by atoms with Gasteiger partial charge in [-0.1, -0.05) is 24.3 Å². The summed E-state index contributed by atoms with van der Waals surface area (Å²) in [7, 11) is 1.83. The second kappa shape index (κ2) is 12.9. The van der Waals surface area contributed by atoms with E-state index < -0.39 is 0 Å². The van der Waals surface area contributed by atoms with E-state index in [-0.39, 0.29) is 24.0 Å². The van der Waals surface area contributed by atoms with Gasteiger partial charge in [0.2, 0.25) is 5.89 Å². The summed E-state index contributed by atoms with van der Waals surface area (Å²) >= 11 is 0. The van der Waals surface area contributed by atoms with E-state index in [9.17, 15) is 0 Å². The molecule has 1 fully saturated rings. The van der Waals surface area contributed by atoms with Crippen LogP contribution in [0.3, 0.4) is 0 Å². The number of rotatable bonds is 8. The largest absolute Gasteiger partial charge is 0.444 e. The molecule has 3 aromatic rings. The topological polar surface area (TPSA) is 83.5 Å². The fourth-order valence-corrected chi connectivity index (χ4v) is 4.24. The highest BCUT2D eigenvalue weighted by Crippen LogP contribution is 2.19. The Balaban J connectivity index is 0.00000324. The van der Waals surface area contributed by atoms with Crippen LogP contribution in [0.25, 0.3) is 0 Å². The minimum absolute atomic E-state index is 0. The SMILES string of the molecule is CN=C(NCc1ccccc1Cn1cccn1)NCC1CCN(Cc2nc(C)c(C)o2)CC1.I. The first-order chi connectivity index (χ1) is 16.1. The van der Waals surface area contributed by atoms with E-state index in [1.165, 1.54) is 11.1 Å². The van der Waals surface area contributed by atoms with E-state index in [4.69, 9.17) is 4.42 Å². The van der Waals surface area contributed by atoms with Gasteiger partial charge < -0.3 is 15.1 Å². The standard InChI is InChI=1S/C25H35N7O.HI/c1-19-20(2)33-24(30-19)18-31-13-9-21(10-14-31)15-27-25(26-3)28-16-22-7-4-5-8-23(22)17-32-12-6-11-29-32;/h4-8,11-12,21H,9-10,13-18H2,1-3H3,(H2,26,27,28);1H. The molecule has 0 saturated carbocycles. The second-order valence-electron chi connectivity index (χ2n) is 8.75. The fraction of sp³-hybridized carbons (Fsp3) is 0.480. The van der Waals surface area contributed by atoms with Crippen molar-refractivity contribution in [2.75, 3.05) is 26.7 Å². The number of guanidine groups is 1. The lowest BCUT2D eigenvalue weighted by Gasteiger charge is -2.31. The number of oxazole rings is 1. The molecule has 0 radical (unpaired) electrons. The van der Waals surface area contributed by atoms with Gasteiger partial charge in [0.25, 0.3) is 0 Å². The predicted molar refractivity (Wildman–Crippen MR) is 145 cm³/mol. The summed E-state index contributed by atoms with van der Waals surface area (Å²) in [6.07, 6.45) is 6.13. The Labute approximate surface area is 219 Å². The molecule has 3 heterocycles. The summed E-state index contributed by atoms with van der Waals surface area (Å²) in [4.78, 5) is 11.4. The Morgan fingerprint density at radius 1 is 1.09 bits per heavy atom. The van der Waals surface area contributed by atoms with Crippen LogP contribution in [0.4, 0.5) is 0 Å². The van der Waals surface area contributed by atoms with Crippen LogP contribution in [0.15, 0.2) is 52.1 Å². The molecule has 9 heteroatoms. The number of halogens is 1. The van der Waals surface area contributed by atoms with Crippen LogP contribution in [0.5, 0.6) is 0 Å². The highest BCUT2D eigenvalue weighted by atomic mass is 127. The number of aryl methyl sites for hydroxylation is 2. The quantitative estimate of drug-likeness (QED) is 0.241. The first-order valence-electron chi connectivity index (χ1n) is 11.7. The Hall–Kier alpha value is -2.40. The maximum Gasteiger partial charge on any atom is 0.208 e. The lowest BCUT2D eigenvalue weighted by atomic mass is 9.97. The number of hydrogen-bond donors (Lipinski definition) is 2. The van der Waals surface area contributed by atoms with Gasteiger partial charge in [0.1, 0.15) is 5.76 Å². The van der Waals surface area contributed by atoms with Crippen LogP contribution in [0, 0.1) is 19.8 Å². The van der Waals surface area contributed by atoms with E-state index in [1.54, 1.807) is 0 Å². The number of benzene rings is 1. The zero-order chi connectivity index (χ0) is 23.0. The molecule has 1 aromatic carbocycles. The summed E-state index contributed by atoms with van der Waals surface area (Å²) in [6, 6.07) is 10.4. The second-order valence-corrected chi connectivity index (χ2v) is 8.75. The summed E-state index contributed by atoms with van der Waals surface area (Å²) < 4.78 is 7.69. The lowest BCUT2D eigenvalue weighted by Crippen LogP contribution is -2.42. The minimum Gasteiger partial charge on any atom is -0.444 e. The zero-order valence-electron chi connectivity index (χ0n) is 20.3. The Morgan fingerprint density at radius 2 is 1.85 bits per heavy atom. The van der Waals surface area contributed by atoms with E-state index >= 15 is 0 Å². The maximum atomic E-state index is 5.74. The summed E-state index contributed by atoms with van der Waals surface area (Å²) in [5.41, 5.74) is 3.50. The predicted octanol–water partition coefficient (Wildman–Crippen LogP) is 3.73. The number of nitrogens with zero attached hydrogens (tertiary/aromatic N) is 5. The fourth-order valence-electron chi connectivity index (χ4n) is 4.24. The minimum atomic E-state index is 0. The third-order valence-electron chi connectivity index (χ3n) is 6.38. The molecule has 0 atom stereocenters. The highest BCUT2D eigenvalue weighted by Gasteiger charge is 2.21. The molecular formula is C25H36IN7O. The number of nitrogens with one attached hydrogen (secondary N) is 2. The molecule has 1 saturated heterocycles. The zero-order valence-corrected chi connectivity index (χ0v) is 22.7. The van der Waals surface area contributed by atoms with Gasteiger partial charge in [-0.05, 0) is 62.9 Å². The van der Waals surface area contributed by atoms with Crippen LogP contribution in [0.1, 0.15) is 41.3 Å². The first kappa shape index (κ1) is 26.2. The van der Waals surface area contributed by atoms with Crippen LogP contribution in [0.2, 0.25) is 0 Å². The molecule has 0 bridgehead atoms. The molecule has 0 unspecified atom stereocenters. The van der Waals surface area contributed by atoms with Gasteiger partial charge >= 0.3 is 0 Å². The van der Waals surface area contributed by atoms with Gasteiger partial charge in [-0.25, -0.2) is 4.98 Å². The van der Waals surface area contributed by atoms with E-state index in [0.29, 0.717) is 5.92 Å². The van der Waals surface area contributed by atoms with Gasteiger partial charge in [-0.15, -0.1) is 24.0 Å². The molecule has 1 aliphatic heterocycles. The molecule has 0 amide bonds. The smallest absolute Gasteiger partial charge is 0.208 e. The molecule has 184 valence electrons. The van der Waals surface area contributed by atoms with Gasteiger partial charge in [-0.3, -0.25) is 14.6 Å². The molecule has 2 aromatic heterocycles. The van der Waals surface area contributed by atoms with Crippen molar-refractivity contribution in [3.63, 3.8) is 0 Å². The molecular weight excluding hydrogens is 541 g/mol. The van der Waals surface area contributed by atoms with Crippen molar-refractivity contribution in [2.45, 2.75) is 46.3 Å². The Bertz CT molecular complexity index is 1020. The molecule has 2 N–H and O–H groups in total. The van der Waals surface area contributed by atoms with Crippen LogP contribution >= 0.6 is 24.0 Å². The summed E-state index contributed by atoms with van der Waals surface area (Å²) in [5, 5.41) is 11.3. The van der Waals surface area contributed by atoms with Crippen molar-refractivity contribution in [1.82, 2.24) is 30.3 Å². The van der Waals surface area contributed by atoms with Crippen molar-refractivity contribution in [3.05, 3.63) is 71.2 Å². The van der Waals surface area contributed by atoms with Gasteiger partial charge in [0.15, 0.2) is 5.96 Å². The molecule has 0 aliphatic carbocycles. The van der Waals surface area contributed by atoms with Gasteiger partial charge in [0, 0.05) is 32.5 Å². The van der Waals surface area contributed by atoms with Gasteiger partial charge in [0.05, 0.1) is 18.8 Å². The molecule has 0 spiro atoms. The van der Waals surface area contributed by atoms with Crippen molar-refractivity contribution in [2.24, 2.45) is 10.9 Å². The van der Waals surface area contributed by atoms with Gasteiger partial charge in [-0.2, -0.15) is 5.10 Å². The van der Waals surface area contributed by atoms with Crippen LogP contribution in [-0.4, -0.2) is 52.3 Å². The summed E-state index contributed by atoms with van der Waals surface area (Å²) in [5.74, 6) is 3.24. The average Bonchev–Trinajstić information content (AvgIpc) is 3.45. The third-order valence-corrected chi connectivity index (χ3v) is 6.38. The molecule has 1 aliphatic rings. The third kappa shape index (κ3) is 7.30. The molecule has 34 heavy (non-hydrogen) atoms.